The lowest BCUT2D eigenvalue weighted by atomic mass is 10.0. The van der Waals surface area contributed by atoms with Crippen molar-refractivity contribution in [2.24, 2.45) is 5.73 Å². The highest BCUT2D eigenvalue weighted by molar-refractivity contribution is 5.69. The van der Waals surface area contributed by atoms with Crippen molar-refractivity contribution in [3.8, 4) is 11.1 Å². The fourth-order valence-electron chi connectivity index (χ4n) is 1.78. The lowest BCUT2D eigenvalue weighted by Gasteiger charge is -2.06. The summed E-state index contributed by atoms with van der Waals surface area (Å²) in [6, 6.07) is 18.1. The van der Waals surface area contributed by atoms with Gasteiger partial charge in [0.2, 0.25) is 0 Å². The van der Waals surface area contributed by atoms with Gasteiger partial charge in [0.25, 0.3) is 0 Å². The van der Waals surface area contributed by atoms with E-state index >= 15 is 0 Å². The van der Waals surface area contributed by atoms with Crippen LogP contribution >= 0.6 is 0 Å². The number of hydrogen-bond donors (Lipinski definition) is 1. The molecular formula is C16H17NO2. The van der Waals surface area contributed by atoms with E-state index in [0.29, 0.717) is 13.2 Å². The largest absolute Gasteiger partial charge is 0.461 e. The first-order valence-electron chi connectivity index (χ1n) is 6.29. The Balaban J connectivity index is 1.97. The van der Waals surface area contributed by atoms with Crippen molar-refractivity contribution in [1.29, 1.82) is 0 Å². The number of rotatable bonds is 5. The van der Waals surface area contributed by atoms with E-state index in [1.807, 2.05) is 42.5 Å². The molecule has 98 valence electrons. The van der Waals surface area contributed by atoms with Crippen LogP contribution in [0.5, 0.6) is 0 Å². The molecule has 0 aliphatic rings. The molecule has 3 heteroatoms. The van der Waals surface area contributed by atoms with Gasteiger partial charge in [0, 0.05) is 6.54 Å². The molecule has 0 saturated carbocycles. The van der Waals surface area contributed by atoms with Crippen molar-refractivity contribution in [1.82, 2.24) is 0 Å². The Bertz CT molecular complexity index is 520. The molecule has 0 aliphatic carbocycles. The Labute approximate surface area is 113 Å². The molecule has 3 nitrogen and oxygen atoms in total. The number of esters is 1. The standard InChI is InChI=1S/C16H17NO2/c17-11-10-16(18)19-12-13-6-8-15(9-7-13)14-4-2-1-3-5-14/h1-9H,10-12,17H2. The maximum Gasteiger partial charge on any atom is 0.307 e. The van der Waals surface area contributed by atoms with Crippen LogP contribution in [0.4, 0.5) is 0 Å². The summed E-state index contributed by atoms with van der Waals surface area (Å²) in [5.41, 5.74) is 8.58. The van der Waals surface area contributed by atoms with Crippen molar-refractivity contribution >= 4 is 5.97 Å². The molecule has 0 amide bonds. The van der Waals surface area contributed by atoms with Crippen LogP contribution < -0.4 is 5.73 Å². The molecule has 0 unspecified atom stereocenters. The van der Waals surface area contributed by atoms with Crippen LogP contribution in [0.3, 0.4) is 0 Å². The molecule has 0 atom stereocenters. The summed E-state index contributed by atoms with van der Waals surface area (Å²) in [6.45, 7) is 0.625. The van der Waals surface area contributed by atoms with Gasteiger partial charge in [0.05, 0.1) is 6.42 Å². The summed E-state index contributed by atoms with van der Waals surface area (Å²) in [4.78, 5) is 11.2. The van der Waals surface area contributed by atoms with Crippen molar-refractivity contribution < 1.29 is 9.53 Å². The highest BCUT2D eigenvalue weighted by atomic mass is 16.5. The lowest BCUT2D eigenvalue weighted by molar-refractivity contribution is -0.144. The normalized spacial score (nSPS) is 10.2. The van der Waals surface area contributed by atoms with E-state index in [-0.39, 0.29) is 12.4 Å². The zero-order valence-corrected chi connectivity index (χ0v) is 10.7. The molecule has 2 aromatic rings. The van der Waals surface area contributed by atoms with Gasteiger partial charge < -0.3 is 10.5 Å². The number of carbonyl (C=O) groups is 1. The Morgan fingerprint density at radius 1 is 0.947 bits per heavy atom. The molecule has 2 rings (SSSR count). The Hall–Kier alpha value is -2.13. The van der Waals surface area contributed by atoms with Crippen molar-refractivity contribution in [3.63, 3.8) is 0 Å². The van der Waals surface area contributed by atoms with Crippen molar-refractivity contribution in [3.05, 3.63) is 60.2 Å². The van der Waals surface area contributed by atoms with E-state index in [4.69, 9.17) is 10.5 Å². The second kappa shape index (κ2) is 6.71. The van der Waals surface area contributed by atoms with Crippen LogP contribution in [0.25, 0.3) is 11.1 Å². The minimum absolute atomic E-state index is 0.255. The number of benzene rings is 2. The highest BCUT2D eigenvalue weighted by Crippen LogP contribution is 2.19. The van der Waals surface area contributed by atoms with Gasteiger partial charge in [-0.15, -0.1) is 0 Å². The predicted molar refractivity (Wildman–Crippen MR) is 75.3 cm³/mol. The number of hydrogen-bond acceptors (Lipinski definition) is 3. The molecule has 0 saturated heterocycles. The number of ether oxygens (including phenoxy) is 1. The number of carbonyl (C=O) groups excluding carboxylic acids is 1. The van der Waals surface area contributed by atoms with Crippen molar-refractivity contribution in [2.45, 2.75) is 13.0 Å². The lowest BCUT2D eigenvalue weighted by Crippen LogP contribution is -2.10. The van der Waals surface area contributed by atoms with Gasteiger partial charge in [0.1, 0.15) is 6.61 Å². The van der Waals surface area contributed by atoms with Crippen LogP contribution in [0.15, 0.2) is 54.6 Å². The topological polar surface area (TPSA) is 52.3 Å². The summed E-state index contributed by atoms with van der Waals surface area (Å²) >= 11 is 0. The zero-order chi connectivity index (χ0) is 13.5. The molecular weight excluding hydrogens is 238 g/mol. The number of nitrogens with two attached hydrogens (primary N) is 1. The van der Waals surface area contributed by atoms with E-state index in [2.05, 4.69) is 12.1 Å². The SMILES string of the molecule is NCCC(=O)OCc1ccc(-c2ccccc2)cc1. The fraction of sp³-hybridized carbons (Fsp3) is 0.188. The summed E-state index contributed by atoms with van der Waals surface area (Å²) in [5.74, 6) is -0.255. The molecule has 0 bridgehead atoms. The average molecular weight is 255 g/mol. The molecule has 19 heavy (non-hydrogen) atoms. The Kier molecular flexibility index (Phi) is 4.70. The second-order valence-corrected chi connectivity index (χ2v) is 4.26. The van der Waals surface area contributed by atoms with E-state index in [1.54, 1.807) is 0 Å². The third-order valence-electron chi connectivity index (χ3n) is 2.81. The molecule has 0 spiro atoms. The van der Waals surface area contributed by atoms with E-state index in [0.717, 1.165) is 11.1 Å². The first kappa shape index (κ1) is 13.3. The zero-order valence-electron chi connectivity index (χ0n) is 10.7. The van der Waals surface area contributed by atoms with Gasteiger partial charge in [0.15, 0.2) is 0 Å². The second-order valence-electron chi connectivity index (χ2n) is 4.26. The highest BCUT2D eigenvalue weighted by Gasteiger charge is 2.02. The van der Waals surface area contributed by atoms with Gasteiger partial charge in [-0.05, 0) is 16.7 Å². The maximum absolute atomic E-state index is 11.2. The summed E-state index contributed by atoms with van der Waals surface area (Å²) in [6.07, 6.45) is 0.266. The van der Waals surface area contributed by atoms with Crippen LogP contribution in [0.1, 0.15) is 12.0 Å². The molecule has 0 aliphatic heterocycles. The van der Waals surface area contributed by atoms with E-state index < -0.39 is 0 Å². The Morgan fingerprint density at radius 2 is 1.58 bits per heavy atom. The van der Waals surface area contributed by atoms with Gasteiger partial charge in [-0.25, -0.2) is 0 Å². The molecule has 2 aromatic carbocycles. The monoisotopic (exact) mass is 255 g/mol. The Morgan fingerprint density at radius 3 is 2.21 bits per heavy atom. The van der Waals surface area contributed by atoms with Crippen LogP contribution in [0, 0.1) is 0 Å². The summed E-state index contributed by atoms with van der Waals surface area (Å²) in [7, 11) is 0. The minimum Gasteiger partial charge on any atom is -0.461 e. The van der Waals surface area contributed by atoms with Gasteiger partial charge in [-0.1, -0.05) is 54.6 Å². The average Bonchev–Trinajstić information content (AvgIpc) is 2.47. The van der Waals surface area contributed by atoms with Gasteiger partial charge in [-0.2, -0.15) is 0 Å². The summed E-state index contributed by atoms with van der Waals surface area (Å²) < 4.78 is 5.10. The minimum atomic E-state index is -0.255. The predicted octanol–water partition coefficient (Wildman–Crippen LogP) is 2.75. The van der Waals surface area contributed by atoms with Gasteiger partial charge in [-0.3, -0.25) is 4.79 Å². The molecule has 0 aromatic heterocycles. The maximum atomic E-state index is 11.2. The molecule has 2 N–H and O–H groups in total. The summed E-state index contributed by atoms with van der Waals surface area (Å²) in [5, 5.41) is 0. The molecule has 0 radical (unpaired) electrons. The van der Waals surface area contributed by atoms with Crippen LogP contribution in [-0.4, -0.2) is 12.5 Å². The van der Waals surface area contributed by atoms with E-state index in [1.165, 1.54) is 5.56 Å². The molecule has 0 heterocycles. The van der Waals surface area contributed by atoms with Crippen LogP contribution in [0.2, 0.25) is 0 Å². The molecule has 0 fully saturated rings. The van der Waals surface area contributed by atoms with Crippen molar-refractivity contribution in [2.75, 3.05) is 6.54 Å². The van der Waals surface area contributed by atoms with Crippen LogP contribution in [-0.2, 0) is 16.1 Å². The van der Waals surface area contributed by atoms with Gasteiger partial charge >= 0.3 is 5.97 Å². The third-order valence-corrected chi connectivity index (χ3v) is 2.81. The first-order chi connectivity index (χ1) is 9.29. The fourth-order valence-corrected chi connectivity index (χ4v) is 1.78. The quantitative estimate of drug-likeness (QED) is 0.836. The third kappa shape index (κ3) is 3.93. The first-order valence-corrected chi connectivity index (χ1v) is 6.29. The smallest absolute Gasteiger partial charge is 0.307 e. The van der Waals surface area contributed by atoms with E-state index in [9.17, 15) is 4.79 Å².